The second-order valence-corrected chi connectivity index (χ2v) is 3.49. The Morgan fingerprint density at radius 1 is 1.44 bits per heavy atom. The van der Waals surface area contributed by atoms with Crippen molar-refractivity contribution in [2.24, 2.45) is 7.05 Å². The Labute approximate surface area is 97.2 Å². The summed E-state index contributed by atoms with van der Waals surface area (Å²) in [5, 5.41) is 7.46. The highest BCUT2D eigenvalue weighted by molar-refractivity contribution is 6.32. The fourth-order valence-corrected chi connectivity index (χ4v) is 1.30. The van der Waals surface area contributed by atoms with Crippen LogP contribution in [0.2, 0.25) is 5.02 Å². The Bertz CT molecular complexity index is 498. The largest absolute Gasteiger partial charge is 0.467 e. The van der Waals surface area contributed by atoms with Gasteiger partial charge in [-0.05, 0) is 0 Å². The van der Waals surface area contributed by atoms with Gasteiger partial charge in [0.2, 0.25) is 0 Å². The normalized spacial score (nSPS) is 10.2. The zero-order chi connectivity index (χ0) is 11.5. The highest BCUT2D eigenvalue weighted by Gasteiger charge is 2.06. The first-order valence-corrected chi connectivity index (χ1v) is 4.89. The number of aromatic nitrogens is 4. The van der Waals surface area contributed by atoms with Gasteiger partial charge in [0.1, 0.15) is 5.02 Å². The van der Waals surface area contributed by atoms with Gasteiger partial charge < -0.3 is 10.1 Å². The molecule has 2 aromatic rings. The molecule has 2 aromatic heterocycles. The zero-order valence-electron chi connectivity index (χ0n) is 8.81. The van der Waals surface area contributed by atoms with Crippen molar-refractivity contribution in [3.05, 3.63) is 23.6 Å². The summed E-state index contributed by atoms with van der Waals surface area (Å²) < 4.78 is 6.59. The van der Waals surface area contributed by atoms with Gasteiger partial charge >= 0.3 is 6.01 Å². The lowest BCUT2D eigenvalue weighted by Crippen LogP contribution is -1.98. The molecular formula is C9H10ClN5O. The zero-order valence-corrected chi connectivity index (χ0v) is 9.56. The van der Waals surface area contributed by atoms with Crippen LogP contribution in [0.15, 0.2) is 18.6 Å². The Kier molecular flexibility index (Phi) is 2.91. The molecule has 0 unspecified atom stereocenters. The van der Waals surface area contributed by atoms with E-state index >= 15 is 0 Å². The van der Waals surface area contributed by atoms with Crippen LogP contribution >= 0.6 is 11.6 Å². The number of nitrogens with one attached hydrogen (secondary N) is 1. The van der Waals surface area contributed by atoms with Crippen molar-refractivity contribution in [2.45, 2.75) is 0 Å². The average Bonchev–Trinajstić information content (AvgIpc) is 2.67. The first-order chi connectivity index (χ1) is 7.69. The van der Waals surface area contributed by atoms with Gasteiger partial charge in [0.05, 0.1) is 25.2 Å². The van der Waals surface area contributed by atoms with E-state index in [1.165, 1.54) is 13.3 Å². The number of nitrogens with zero attached hydrogens (tertiary/aromatic N) is 4. The van der Waals surface area contributed by atoms with Crippen LogP contribution in [0.3, 0.4) is 0 Å². The van der Waals surface area contributed by atoms with Gasteiger partial charge in [-0.3, -0.25) is 4.68 Å². The summed E-state index contributed by atoms with van der Waals surface area (Å²) >= 11 is 5.94. The monoisotopic (exact) mass is 239 g/mol. The van der Waals surface area contributed by atoms with Crippen molar-refractivity contribution < 1.29 is 4.74 Å². The van der Waals surface area contributed by atoms with Crippen LogP contribution in [-0.4, -0.2) is 26.9 Å². The quantitative estimate of drug-likeness (QED) is 0.882. The van der Waals surface area contributed by atoms with Crippen molar-refractivity contribution >= 4 is 23.1 Å². The minimum atomic E-state index is 0.260. The lowest BCUT2D eigenvalue weighted by molar-refractivity contribution is 0.380. The van der Waals surface area contributed by atoms with Crippen molar-refractivity contribution in [1.82, 2.24) is 19.7 Å². The number of methoxy groups -OCH3 is 1. The third kappa shape index (κ3) is 2.22. The third-order valence-electron chi connectivity index (χ3n) is 1.87. The molecule has 0 aliphatic rings. The van der Waals surface area contributed by atoms with E-state index in [1.807, 2.05) is 13.2 Å². The maximum Gasteiger partial charge on any atom is 0.318 e. The molecule has 84 valence electrons. The highest BCUT2D eigenvalue weighted by Crippen LogP contribution is 2.23. The topological polar surface area (TPSA) is 64.9 Å². The molecule has 1 N–H and O–H groups in total. The molecule has 6 nitrogen and oxygen atoms in total. The number of hydrogen-bond acceptors (Lipinski definition) is 5. The first-order valence-electron chi connectivity index (χ1n) is 4.51. The summed E-state index contributed by atoms with van der Waals surface area (Å²) in [6.07, 6.45) is 4.96. The van der Waals surface area contributed by atoms with Crippen LogP contribution in [-0.2, 0) is 7.05 Å². The summed E-state index contributed by atoms with van der Waals surface area (Å²) in [5.41, 5.74) is 0.796. The van der Waals surface area contributed by atoms with Gasteiger partial charge in [0.25, 0.3) is 0 Å². The molecule has 0 spiro atoms. The summed E-state index contributed by atoms with van der Waals surface area (Å²) in [6.45, 7) is 0. The molecule has 16 heavy (non-hydrogen) atoms. The molecule has 7 heteroatoms. The predicted molar refractivity (Wildman–Crippen MR) is 60.1 cm³/mol. The summed E-state index contributed by atoms with van der Waals surface area (Å²) in [6, 6.07) is 0.260. The molecule has 2 rings (SSSR count). The molecular weight excluding hydrogens is 230 g/mol. The second kappa shape index (κ2) is 4.36. The summed E-state index contributed by atoms with van der Waals surface area (Å²) in [4.78, 5) is 7.96. The summed E-state index contributed by atoms with van der Waals surface area (Å²) in [5.74, 6) is 0.488. The van der Waals surface area contributed by atoms with Crippen LogP contribution in [0.4, 0.5) is 11.5 Å². The molecule has 0 aliphatic carbocycles. The van der Waals surface area contributed by atoms with E-state index in [-0.39, 0.29) is 6.01 Å². The molecule has 0 atom stereocenters. The standard InChI is InChI=1S/C9H10ClN5O/c1-15-5-6(3-12-15)13-8-7(10)4-11-9(14-8)16-2/h3-5H,1-2H3,(H,11,13,14). The second-order valence-electron chi connectivity index (χ2n) is 3.08. The Morgan fingerprint density at radius 2 is 2.25 bits per heavy atom. The molecule has 0 aromatic carbocycles. The molecule has 0 fully saturated rings. The van der Waals surface area contributed by atoms with Crippen molar-refractivity contribution in [1.29, 1.82) is 0 Å². The maximum absolute atomic E-state index is 5.94. The number of hydrogen-bond donors (Lipinski definition) is 1. The molecule has 2 heterocycles. The van der Waals surface area contributed by atoms with Gasteiger partial charge in [-0.15, -0.1) is 0 Å². The van der Waals surface area contributed by atoms with Gasteiger partial charge in [-0.25, -0.2) is 4.98 Å². The number of rotatable bonds is 3. The van der Waals surface area contributed by atoms with E-state index in [4.69, 9.17) is 16.3 Å². The SMILES string of the molecule is COc1ncc(Cl)c(Nc2cnn(C)c2)n1. The smallest absolute Gasteiger partial charge is 0.318 e. The minimum Gasteiger partial charge on any atom is -0.467 e. The molecule has 0 amide bonds. The fraction of sp³-hybridized carbons (Fsp3) is 0.222. The first kappa shape index (κ1) is 10.7. The fourth-order valence-electron chi connectivity index (χ4n) is 1.16. The predicted octanol–water partition coefficient (Wildman–Crippen LogP) is 1.62. The van der Waals surface area contributed by atoms with E-state index in [2.05, 4.69) is 20.4 Å². The number of anilines is 2. The van der Waals surface area contributed by atoms with Gasteiger partial charge in [0, 0.05) is 13.2 Å². The van der Waals surface area contributed by atoms with E-state index in [0.717, 1.165) is 5.69 Å². The van der Waals surface area contributed by atoms with E-state index < -0.39 is 0 Å². The van der Waals surface area contributed by atoms with E-state index in [1.54, 1.807) is 10.9 Å². The number of ether oxygens (including phenoxy) is 1. The number of halogens is 1. The Balaban J connectivity index is 2.26. The van der Waals surface area contributed by atoms with E-state index in [9.17, 15) is 0 Å². The molecule has 0 aliphatic heterocycles. The highest BCUT2D eigenvalue weighted by atomic mass is 35.5. The van der Waals surface area contributed by atoms with Gasteiger partial charge in [-0.2, -0.15) is 10.1 Å². The summed E-state index contributed by atoms with van der Waals surface area (Å²) in [7, 11) is 3.32. The van der Waals surface area contributed by atoms with Crippen molar-refractivity contribution in [3.63, 3.8) is 0 Å². The van der Waals surface area contributed by atoms with Gasteiger partial charge in [0.15, 0.2) is 5.82 Å². The Hall–Kier alpha value is -1.82. The molecule has 0 saturated heterocycles. The number of aryl methyl sites for hydroxylation is 1. The average molecular weight is 240 g/mol. The van der Waals surface area contributed by atoms with Crippen LogP contribution in [0.1, 0.15) is 0 Å². The van der Waals surface area contributed by atoms with Gasteiger partial charge in [-0.1, -0.05) is 11.6 Å². The van der Waals surface area contributed by atoms with Crippen molar-refractivity contribution in [2.75, 3.05) is 12.4 Å². The minimum absolute atomic E-state index is 0.260. The third-order valence-corrected chi connectivity index (χ3v) is 2.15. The van der Waals surface area contributed by atoms with Crippen LogP contribution in [0.5, 0.6) is 6.01 Å². The molecule has 0 bridgehead atoms. The van der Waals surface area contributed by atoms with Crippen LogP contribution < -0.4 is 10.1 Å². The lowest BCUT2D eigenvalue weighted by atomic mass is 10.5. The maximum atomic E-state index is 5.94. The van der Waals surface area contributed by atoms with Crippen LogP contribution in [0, 0.1) is 0 Å². The molecule has 0 saturated carbocycles. The van der Waals surface area contributed by atoms with Crippen molar-refractivity contribution in [3.8, 4) is 6.01 Å². The molecule has 0 radical (unpaired) electrons. The van der Waals surface area contributed by atoms with Crippen LogP contribution in [0.25, 0.3) is 0 Å². The lowest BCUT2D eigenvalue weighted by Gasteiger charge is -2.05. The van der Waals surface area contributed by atoms with E-state index in [0.29, 0.717) is 10.8 Å². The Morgan fingerprint density at radius 3 is 2.88 bits per heavy atom.